The first-order chi connectivity index (χ1) is 9.52. The summed E-state index contributed by atoms with van der Waals surface area (Å²) < 4.78 is 0. The molecule has 1 unspecified atom stereocenters. The van der Waals surface area contributed by atoms with E-state index in [4.69, 9.17) is 10.9 Å². The maximum atomic E-state index is 8.69. The minimum Gasteiger partial charge on any atom is -0.409 e. The lowest BCUT2D eigenvalue weighted by atomic mass is 10.0. The zero-order valence-electron chi connectivity index (χ0n) is 12.8. The Bertz CT molecular complexity index is 429. The fourth-order valence-corrected chi connectivity index (χ4v) is 2.12. The van der Waals surface area contributed by atoms with Crippen molar-refractivity contribution in [1.82, 2.24) is 5.32 Å². The number of benzene rings is 1. The number of nitrogens with one attached hydrogen (secondary N) is 1. The van der Waals surface area contributed by atoms with Gasteiger partial charge in [-0.05, 0) is 30.9 Å². The predicted molar refractivity (Wildman–Crippen MR) is 83.9 cm³/mol. The minimum absolute atomic E-state index is 0.150. The lowest BCUT2D eigenvalue weighted by Gasteiger charge is -2.15. The van der Waals surface area contributed by atoms with Crippen LogP contribution in [0.5, 0.6) is 0 Å². The van der Waals surface area contributed by atoms with E-state index in [1.54, 1.807) is 0 Å². The van der Waals surface area contributed by atoms with E-state index in [0.717, 1.165) is 23.6 Å². The number of hydrogen-bond donors (Lipinski definition) is 3. The highest BCUT2D eigenvalue weighted by Gasteiger charge is 2.04. The van der Waals surface area contributed by atoms with Gasteiger partial charge in [0, 0.05) is 18.2 Å². The maximum Gasteiger partial charge on any atom is 0.170 e. The molecule has 0 radical (unpaired) electrons. The van der Waals surface area contributed by atoms with Gasteiger partial charge < -0.3 is 16.3 Å². The SMILES string of the molecule is CC(C)CCCC(C)NCc1cccc(C(N)=NO)c1. The van der Waals surface area contributed by atoms with Crippen LogP contribution in [0.4, 0.5) is 0 Å². The molecule has 0 amide bonds. The first kappa shape index (κ1) is 16.5. The predicted octanol–water partition coefficient (Wildman–Crippen LogP) is 3.09. The Kier molecular flexibility index (Phi) is 7.09. The molecule has 1 rings (SSSR count). The average Bonchev–Trinajstić information content (AvgIpc) is 2.44. The van der Waals surface area contributed by atoms with Crippen LogP contribution in [-0.2, 0) is 6.54 Å². The number of rotatable bonds is 8. The van der Waals surface area contributed by atoms with Crippen molar-refractivity contribution in [3.05, 3.63) is 35.4 Å². The average molecular weight is 277 g/mol. The molecule has 0 heterocycles. The normalized spacial score (nSPS) is 13.7. The molecule has 0 aromatic heterocycles. The zero-order chi connectivity index (χ0) is 15.0. The van der Waals surface area contributed by atoms with Crippen LogP contribution in [0, 0.1) is 5.92 Å². The van der Waals surface area contributed by atoms with E-state index in [9.17, 15) is 0 Å². The Morgan fingerprint density at radius 2 is 2.05 bits per heavy atom. The number of nitrogens with two attached hydrogens (primary N) is 1. The van der Waals surface area contributed by atoms with Crippen LogP contribution in [0.15, 0.2) is 29.4 Å². The Hall–Kier alpha value is -1.55. The largest absolute Gasteiger partial charge is 0.409 e. The molecule has 4 N–H and O–H groups in total. The summed E-state index contributed by atoms with van der Waals surface area (Å²) in [6.45, 7) is 7.54. The highest BCUT2D eigenvalue weighted by molar-refractivity contribution is 5.97. The molecule has 4 heteroatoms. The van der Waals surface area contributed by atoms with E-state index < -0.39 is 0 Å². The molecule has 0 aliphatic carbocycles. The third-order valence-electron chi connectivity index (χ3n) is 3.40. The molecule has 1 atom stereocenters. The lowest BCUT2D eigenvalue weighted by molar-refractivity contribution is 0.318. The summed E-state index contributed by atoms with van der Waals surface area (Å²) >= 11 is 0. The first-order valence-corrected chi connectivity index (χ1v) is 7.33. The van der Waals surface area contributed by atoms with Gasteiger partial charge in [0.05, 0.1) is 0 Å². The van der Waals surface area contributed by atoms with Crippen molar-refractivity contribution >= 4 is 5.84 Å². The van der Waals surface area contributed by atoms with Crippen molar-refractivity contribution in [2.45, 2.75) is 52.6 Å². The Morgan fingerprint density at radius 1 is 1.30 bits per heavy atom. The Morgan fingerprint density at radius 3 is 2.70 bits per heavy atom. The highest BCUT2D eigenvalue weighted by Crippen LogP contribution is 2.09. The molecule has 0 aliphatic rings. The van der Waals surface area contributed by atoms with Gasteiger partial charge in [0.15, 0.2) is 5.84 Å². The van der Waals surface area contributed by atoms with Crippen molar-refractivity contribution in [1.29, 1.82) is 0 Å². The summed E-state index contributed by atoms with van der Waals surface area (Å²) in [5, 5.41) is 15.2. The second-order valence-corrected chi connectivity index (χ2v) is 5.79. The van der Waals surface area contributed by atoms with Gasteiger partial charge in [-0.1, -0.05) is 50.0 Å². The lowest BCUT2D eigenvalue weighted by Crippen LogP contribution is -2.25. The van der Waals surface area contributed by atoms with Crippen molar-refractivity contribution in [3.8, 4) is 0 Å². The Labute approximate surface area is 122 Å². The molecular formula is C16H27N3O. The maximum absolute atomic E-state index is 8.69. The molecule has 4 nitrogen and oxygen atoms in total. The molecule has 0 fully saturated rings. The van der Waals surface area contributed by atoms with Gasteiger partial charge in [0.1, 0.15) is 0 Å². The molecule has 0 saturated carbocycles. The van der Waals surface area contributed by atoms with Crippen molar-refractivity contribution in [2.75, 3.05) is 0 Å². The fraction of sp³-hybridized carbons (Fsp3) is 0.562. The van der Waals surface area contributed by atoms with Crippen LogP contribution < -0.4 is 11.1 Å². The van der Waals surface area contributed by atoms with Gasteiger partial charge in [-0.25, -0.2) is 0 Å². The van der Waals surface area contributed by atoms with Crippen LogP contribution in [0.1, 0.15) is 51.2 Å². The molecule has 0 aliphatic heterocycles. The van der Waals surface area contributed by atoms with Crippen LogP contribution in [-0.4, -0.2) is 17.1 Å². The summed E-state index contributed by atoms with van der Waals surface area (Å²) in [6, 6.07) is 8.25. The summed E-state index contributed by atoms with van der Waals surface area (Å²) in [7, 11) is 0. The summed E-state index contributed by atoms with van der Waals surface area (Å²) in [5.41, 5.74) is 7.49. The van der Waals surface area contributed by atoms with Gasteiger partial charge in [0.25, 0.3) is 0 Å². The highest BCUT2D eigenvalue weighted by atomic mass is 16.4. The first-order valence-electron chi connectivity index (χ1n) is 7.33. The molecule has 112 valence electrons. The van der Waals surface area contributed by atoms with Gasteiger partial charge >= 0.3 is 0 Å². The molecule has 1 aromatic carbocycles. The van der Waals surface area contributed by atoms with E-state index in [0.29, 0.717) is 6.04 Å². The smallest absolute Gasteiger partial charge is 0.170 e. The van der Waals surface area contributed by atoms with Gasteiger partial charge in [-0.2, -0.15) is 0 Å². The standard InChI is InChI=1S/C16H27N3O/c1-12(2)6-4-7-13(3)18-11-14-8-5-9-15(10-14)16(17)19-20/h5,8-10,12-13,18,20H,4,6-7,11H2,1-3H3,(H2,17,19). The van der Waals surface area contributed by atoms with Crippen molar-refractivity contribution in [3.63, 3.8) is 0 Å². The van der Waals surface area contributed by atoms with E-state index >= 15 is 0 Å². The van der Waals surface area contributed by atoms with E-state index in [1.807, 2.05) is 24.3 Å². The van der Waals surface area contributed by atoms with E-state index in [2.05, 4.69) is 31.2 Å². The second-order valence-electron chi connectivity index (χ2n) is 5.79. The van der Waals surface area contributed by atoms with Gasteiger partial charge in [-0.3, -0.25) is 0 Å². The number of hydrogen-bond acceptors (Lipinski definition) is 3. The van der Waals surface area contributed by atoms with Crippen molar-refractivity contribution in [2.24, 2.45) is 16.8 Å². The fourth-order valence-electron chi connectivity index (χ4n) is 2.12. The van der Waals surface area contributed by atoms with E-state index in [1.165, 1.54) is 19.3 Å². The van der Waals surface area contributed by atoms with Gasteiger partial charge in [-0.15, -0.1) is 0 Å². The molecule has 0 bridgehead atoms. The quantitative estimate of drug-likeness (QED) is 0.296. The minimum atomic E-state index is 0.150. The molecule has 1 aromatic rings. The summed E-state index contributed by atoms with van der Waals surface area (Å²) in [4.78, 5) is 0. The summed E-state index contributed by atoms with van der Waals surface area (Å²) in [6.07, 6.45) is 3.74. The molecule has 0 saturated heterocycles. The van der Waals surface area contributed by atoms with Crippen LogP contribution >= 0.6 is 0 Å². The topological polar surface area (TPSA) is 70.6 Å². The van der Waals surface area contributed by atoms with Gasteiger partial charge in [0.2, 0.25) is 0 Å². The third-order valence-corrected chi connectivity index (χ3v) is 3.40. The molecule has 0 spiro atoms. The van der Waals surface area contributed by atoms with Crippen molar-refractivity contribution < 1.29 is 5.21 Å². The van der Waals surface area contributed by atoms with Crippen LogP contribution in [0.2, 0.25) is 0 Å². The zero-order valence-corrected chi connectivity index (χ0v) is 12.8. The molecule has 20 heavy (non-hydrogen) atoms. The number of amidine groups is 1. The third kappa shape index (κ3) is 6.06. The Balaban J connectivity index is 2.41. The monoisotopic (exact) mass is 277 g/mol. The summed E-state index contributed by atoms with van der Waals surface area (Å²) in [5.74, 6) is 0.927. The van der Waals surface area contributed by atoms with Crippen LogP contribution in [0.25, 0.3) is 0 Å². The molecular weight excluding hydrogens is 250 g/mol. The number of oxime groups is 1. The van der Waals surface area contributed by atoms with Crippen LogP contribution in [0.3, 0.4) is 0 Å². The van der Waals surface area contributed by atoms with E-state index in [-0.39, 0.29) is 5.84 Å². The second kappa shape index (κ2) is 8.59. The number of nitrogens with zero attached hydrogens (tertiary/aromatic N) is 1.